The van der Waals surface area contributed by atoms with Gasteiger partial charge < -0.3 is 0 Å². The van der Waals surface area contributed by atoms with Crippen molar-refractivity contribution in [3.05, 3.63) is 22.0 Å². The van der Waals surface area contributed by atoms with Gasteiger partial charge in [-0.25, -0.2) is 4.98 Å². The fourth-order valence-corrected chi connectivity index (χ4v) is 3.00. The number of thiazole rings is 1. The smallest absolute Gasteiger partial charge is 0.120 e. The largest absolute Gasteiger partial charge is 0.293 e. The molecule has 0 N–H and O–H groups in total. The molecule has 4 heteroatoms. The molecule has 0 atom stereocenters. The standard InChI is InChI=1S/C7H7BrN2S/c1-2-5-7(8)11-6-3-9-4-10(5)6/h3-4H,2H2,1H3. The Morgan fingerprint density at radius 2 is 2.55 bits per heavy atom. The van der Waals surface area contributed by atoms with E-state index in [0.717, 1.165) is 6.42 Å². The third-order valence-corrected chi connectivity index (χ3v) is 3.52. The van der Waals surface area contributed by atoms with Gasteiger partial charge in [0.05, 0.1) is 9.98 Å². The molecule has 0 spiro atoms. The molecule has 0 aliphatic heterocycles. The second kappa shape index (κ2) is 2.60. The Kier molecular flexibility index (Phi) is 1.73. The van der Waals surface area contributed by atoms with Gasteiger partial charge in [0.1, 0.15) is 11.2 Å². The Morgan fingerprint density at radius 3 is 3.27 bits per heavy atom. The van der Waals surface area contributed by atoms with E-state index < -0.39 is 0 Å². The summed E-state index contributed by atoms with van der Waals surface area (Å²) in [5.74, 6) is 0. The number of hydrogen-bond acceptors (Lipinski definition) is 2. The van der Waals surface area contributed by atoms with Crippen molar-refractivity contribution in [1.82, 2.24) is 9.38 Å². The molecular weight excluding hydrogens is 224 g/mol. The number of halogens is 1. The highest BCUT2D eigenvalue weighted by atomic mass is 79.9. The van der Waals surface area contributed by atoms with Crippen LogP contribution in [0.1, 0.15) is 12.6 Å². The van der Waals surface area contributed by atoms with E-state index in [0.29, 0.717) is 0 Å². The third-order valence-electron chi connectivity index (χ3n) is 1.65. The van der Waals surface area contributed by atoms with E-state index in [-0.39, 0.29) is 0 Å². The average Bonchev–Trinajstić information content (AvgIpc) is 2.46. The van der Waals surface area contributed by atoms with Gasteiger partial charge in [0.25, 0.3) is 0 Å². The molecule has 2 rings (SSSR count). The number of aryl methyl sites for hydroxylation is 1. The zero-order chi connectivity index (χ0) is 7.84. The van der Waals surface area contributed by atoms with Gasteiger partial charge in [-0.15, -0.1) is 11.3 Å². The van der Waals surface area contributed by atoms with Crippen molar-refractivity contribution in [2.75, 3.05) is 0 Å². The highest BCUT2D eigenvalue weighted by Gasteiger charge is 2.06. The topological polar surface area (TPSA) is 17.3 Å². The summed E-state index contributed by atoms with van der Waals surface area (Å²) >= 11 is 5.25. The molecule has 0 unspecified atom stereocenters. The lowest BCUT2D eigenvalue weighted by molar-refractivity contribution is 0.984. The molecule has 2 aromatic heterocycles. The number of nitrogens with zero attached hydrogens (tertiary/aromatic N) is 2. The van der Waals surface area contributed by atoms with E-state index in [1.807, 2.05) is 12.5 Å². The number of fused-ring (bicyclic) bond motifs is 1. The van der Waals surface area contributed by atoms with Crippen LogP contribution >= 0.6 is 27.3 Å². The molecule has 58 valence electrons. The van der Waals surface area contributed by atoms with Crippen LogP contribution in [0.15, 0.2) is 16.3 Å². The molecule has 0 aromatic carbocycles. The van der Waals surface area contributed by atoms with Gasteiger partial charge in [-0.1, -0.05) is 6.92 Å². The van der Waals surface area contributed by atoms with Crippen LogP contribution in [0.25, 0.3) is 4.83 Å². The van der Waals surface area contributed by atoms with Crippen LogP contribution < -0.4 is 0 Å². The number of hydrogen-bond donors (Lipinski definition) is 0. The van der Waals surface area contributed by atoms with Crippen LogP contribution in [0, 0.1) is 0 Å². The van der Waals surface area contributed by atoms with E-state index in [9.17, 15) is 0 Å². The Bertz CT molecular complexity index is 377. The second-order valence-corrected chi connectivity index (χ2v) is 4.63. The van der Waals surface area contributed by atoms with Crippen molar-refractivity contribution in [3.63, 3.8) is 0 Å². The number of aromatic nitrogens is 2. The lowest BCUT2D eigenvalue weighted by Crippen LogP contribution is -1.86. The Balaban J connectivity index is 2.80. The predicted molar refractivity (Wildman–Crippen MR) is 50.1 cm³/mol. The molecule has 0 radical (unpaired) electrons. The molecule has 0 aliphatic rings. The third kappa shape index (κ3) is 1.01. The van der Waals surface area contributed by atoms with Crippen LogP contribution in [0.4, 0.5) is 0 Å². The molecule has 0 fully saturated rings. The van der Waals surface area contributed by atoms with Crippen molar-refractivity contribution in [2.24, 2.45) is 0 Å². The van der Waals surface area contributed by atoms with Gasteiger partial charge in [-0.2, -0.15) is 0 Å². The van der Waals surface area contributed by atoms with Crippen molar-refractivity contribution in [1.29, 1.82) is 0 Å². The van der Waals surface area contributed by atoms with Crippen LogP contribution in [-0.4, -0.2) is 9.38 Å². The molecule has 0 saturated carbocycles. The maximum Gasteiger partial charge on any atom is 0.120 e. The first-order valence-corrected chi connectivity index (χ1v) is 5.03. The highest BCUT2D eigenvalue weighted by Crippen LogP contribution is 2.28. The average molecular weight is 231 g/mol. The van der Waals surface area contributed by atoms with Crippen LogP contribution in [0.2, 0.25) is 0 Å². The van der Waals surface area contributed by atoms with Gasteiger partial charge in [-0.05, 0) is 22.4 Å². The summed E-state index contributed by atoms with van der Waals surface area (Å²) in [5, 5.41) is 0. The van der Waals surface area contributed by atoms with Crippen molar-refractivity contribution in [3.8, 4) is 0 Å². The molecule has 2 nitrogen and oxygen atoms in total. The summed E-state index contributed by atoms with van der Waals surface area (Å²) < 4.78 is 3.34. The summed E-state index contributed by atoms with van der Waals surface area (Å²) in [7, 11) is 0. The molecule has 0 amide bonds. The second-order valence-electron chi connectivity index (χ2n) is 2.28. The monoisotopic (exact) mass is 230 g/mol. The number of rotatable bonds is 1. The summed E-state index contributed by atoms with van der Waals surface area (Å²) in [6, 6.07) is 0. The van der Waals surface area contributed by atoms with Crippen LogP contribution in [-0.2, 0) is 6.42 Å². The van der Waals surface area contributed by atoms with Gasteiger partial charge in [0, 0.05) is 5.69 Å². The molecular formula is C7H7BrN2S. The van der Waals surface area contributed by atoms with Crippen LogP contribution in [0.3, 0.4) is 0 Å². The van der Waals surface area contributed by atoms with E-state index in [2.05, 4.69) is 32.2 Å². The molecule has 2 aromatic rings. The minimum absolute atomic E-state index is 1.04. The van der Waals surface area contributed by atoms with Gasteiger partial charge in [-0.3, -0.25) is 4.40 Å². The van der Waals surface area contributed by atoms with Crippen LogP contribution in [0.5, 0.6) is 0 Å². The summed E-state index contributed by atoms with van der Waals surface area (Å²) in [6.45, 7) is 2.15. The normalized spacial score (nSPS) is 11.1. The van der Waals surface area contributed by atoms with E-state index >= 15 is 0 Å². The summed E-state index contributed by atoms with van der Waals surface area (Å²) in [5.41, 5.74) is 1.31. The lowest BCUT2D eigenvalue weighted by Gasteiger charge is -1.92. The molecule has 0 aliphatic carbocycles. The SMILES string of the molecule is CCc1c(Br)sc2cncn12. The highest BCUT2D eigenvalue weighted by molar-refractivity contribution is 9.11. The maximum atomic E-state index is 4.06. The van der Waals surface area contributed by atoms with E-state index in [1.165, 1.54) is 14.3 Å². The van der Waals surface area contributed by atoms with Gasteiger partial charge >= 0.3 is 0 Å². The lowest BCUT2D eigenvalue weighted by atomic mass is 10.4. The molecule has 0 bridgehead atoms. The number of imidazole rings is 1. The van der Waals surface area contributed by atoms with Crippen molar-refractivity contribution in [2.45, 2.75) is 13.3 Å². The summed E-state index contributed by atoms with van der Waals surface area (Å²) in [4.78, 5) is 5.27. The van der Waals surface area contributed by atoms with Gasteiger partial charge in [0.2, 0.25) is 0 Å². The van der Waals surface area contributed by atoms with Crippen molar-refractivity contribution < 1.29 is 0 Å². The fraction of sp³-hybridized carbons (Fsp3) is 0.286. The Morgan fingerprint density at radius 1 is 1.73 bits per heavy atom. The van der Waals surface area contributed by atoms with Gasteiger partial charge in [0.15, 0.2) is 0 Å². The predicted octanol–water partition coefficient (Wildman–Crippen LogP) is 2.72. The fourth-order valence-electron chi connectivity index (χ4n) is 1.12. The first-order valence-electron chi connectivity index (χ1n) is 3.42. The maximum absolute atomic E-state index is 4.06. The van der Waals surface area contributed by atoms with E-state index in [4.69, 9.17) is 0 Å². The zero-order valence-electron chi connectivity index (χ0n) is 6.04. The summed E-state index contributed by atoms with van der Waals surface area (Å²) in [6.07, 6.45) is 4.78. The first-order chi connectivity index (χ1) is 5.33. The molecule has 2 heterocycles. The first kappa shape index (κ1) is 7.31. The molecule has 11 heavy (non-hydrogen) atoms. The Labute approximate surface area is 77.0 Å². The minimum Gasteiger partial charge on any atom is -0.293 e. The quantitative estimate of drug-likeness (QED) is 0.737. The molecule has 0 saturated heterocycles. The van der Waals surface area contributed by atoms with Crippen molar-refractivity contribution >= 4 is 32.1 Å². The zero-order valence-corrected chi connectivity index (χ0v) is 8.44. The minimum atomic E-state index is 1.04. The Hall–Kier alpha value is -0.350. The van der Waals surface area contributed by atoms with E-state index in [1.54, 1.807) is 11.3 Å².